The summed E-state index contributed by atoms with van der Waals surface area (Å²) in [6, 6.07) is 0. The minimum Gasteiger partial charge on any atom is -0.327 e. The average Bonchev–Trinajstić information content (AvgIpc) is 2.05. The lowest BCUT2D eigenvalue weighted by Gasteiger charge is -2.30. The van der Waals surface area contributed by atoms with Crippen LogP contribution in [0, 0.1) is 6.92 Å². The Kier molecular flexibility index (Phi) is 10.9. The minimum absolute atomic E-state index is 0.812. The Morgan fingerprint density at radius 3 is 1.27 bits per heavy atom. The second kappa shape index (κ2) is 8.54. The van der Waals surface area contributed by atoms with Crippen molar-refractivity contribution in [2.24, 2.45) is 0 Å². The number of alkyl halides is 1. The summed E-state index contributed by atoms with van der Waals surface area (Å²) in [5.41, 5.74) is 0. The zero-order chi connectivity index (χ0) is 9.33. The second-order valence-electron chi connectivity index (χ2n) is 2.76. The third kappa shape index (κ3) is 8.35. The first-order valence-corrected chi connectivity index (χ1v) is 5.41. The van der Waals surface area contributed by atoms with Crippen LogP contribution in [-0.4, -0.2) is 36.5 Å². The van der Waals surface area contributed by atoms with Gasteiger partial charge in [0.1, 0.15) is 0 Å². The fraction of sp³-hybridized carbons (Fsp3) is 0.889. The molecule has 0 atom stereocenters. The third-order valence-electron chi connectivity index (χ3n) is 2.29. The zero-order valence-electron chi connectivity index (χ0n) is 8.36. The maximum absolute atomic E-state index is 3.40. The molecule has 0 aliphatic heterocycles. The van der Waals surface area contributed by atoms with Crippen molar-refractivity contribution in [1.82, 2.24) is 0 Å². The van der Waals surface area contributed by atoms with Gasteiger partial charge in [-0.3, -0.25) is 0 Å². The average molecular weight is 224 g/mol. The number of hydrogen-bond acceptors (Lipinski definition) is 0. The highest BCUT2D eigenvalue weighted by Gasteiger charge is 2.10. The largest absolute Gasteiger partial charge is 0.327 e. The van der Waals surface area contributed by atoms with Crippen LogP contribution in [0.3, 0.4) is 0 Å². The van der Waals surface area contributed by atoms with Gasteiger partial charge in [-0.25, -0.2) is 0 Å². The van der Waals surface area contributed by atoms with Crippen LogP contribution in [0.25, 0.3) is 0 Å². The summed E-state index contributed by atoms with van der Waals surface area (Å²) in [6.45, 7) is 13.9. The molecule has 0 heterocycles. The topological polar surface area (TPSA) is 0 Å². The molecule has 0 spiro atoms. The third-order valence-corrected chi connectivity index (χ3v) is 2.29. The Balaban J connectivity index is 0. The van der Waals surface area contributed by atoms with Crippen molar-refractivity contribution in [1.29, 1.82) is 0 Å². The van der Waals surface area contributed by atoms with Crippen LogP contribution in [0.15, 0.2) is 0 Å². The number of nitrogens with zero attached hydrogens (tertiary/aromatic N) is 1. The van der Waals surface area contributed by atoms with E-state index in [0.29, 0.717) is 0 Å². The molecule has 0 aromatic heterocycles. The molecule has 0 unspecified atom stereocenters. The van der Waals surface area contributed by atoms with E-state index in [2.05, 4.69) is 50.7 Å². The quantitative estimate of drug-likeness (QED) is 0.510. The van der Waals surface area contributed by atoms with Gasteiger partial charge >= 0.3 is 0 Å². The summed E-state index contributed by atoms with van der Waals surface area (Å²) in [4.78, 5) is 0. The fourth-order valence-electron chi connectivity index (χ4n) is 0.671. The highest BCUT2D eigenvalue weighted by atomic mass is 79.9. The zero-order valence-corrected chi connectivity index (χ0v) is 9.95. The molecule has 1 nitrogen and oxygen atoms in total. The maximum Gasteiger partial charge on any atom is 0.0755 e. The predicted molar refractivity (Wildman–Crippen MR) is 57.0 cm³/mol. The molecule has 0 aromatic rings. The molecule has 0 N–H and O–H groups in total. The molecule has 2 heteroatoms. The van der Waals surface area contributed by atoms with E-state index >= 15 is 0 Å². The number of hydrogen-bond donors (Lipinski definition) is 0. The molecule has 0 fully saturated rings. The molecule has 0 saturated carbocycles. The molecule has 0 aliphatic rings. The van der Waals surface area contributed by atoms with Crippen molar-refractivity contribution < 1.29 is 4.48 Å². The smallest absolute Gasteiger partial charge is 0.0755 e. The molecular formula is C9H22BrN+. The summed E-state index contributed by atoms with van der Waals surface area (Å²) < 4.78 is 1.21. The lowest BCUT2D eigenvalue weighted by atomic mass is 10.4. The van der Waals surface area contributed by atoms with Crippen LogP contribution < -0.4 is 0 Å². The minimum atomic E-state index is 0.812. The molecule has 0 amide bonds. The van der Waals surface area contributed by atoms with Gasteiger partial charge in [0.25, 0.3) is 0 Å². The van der Waals surface area contributed by atoms with Gasteiger partial charge in [0.2, 0.25) is 0 Å². The fourth-order valence-corrected chi connectivity index (χ4v) is 0.671. The van der Waals surface area contributed by atoms with Crippen LogP contribution in [0.1, 0.15) is 20.8 Å². The molecule has 1 radical (unpaired) electrons. The van der Waals surface area contributed by atoms with Crippen LogP contribution in [-0.2, 0) is 0 Å². The first-order chi connectivity index (χ1) is 5.10. The Bertz CT molecular complexity index is 61.7. The summed E-state index contributed by atoms with van der Waals surface area (Å²) in [7, 11) is 2.29. The van der Waals surface area contributed by atoms with Crippen LogP contribution in [0.4, 0.5) is 0 Å². The molecule has 0 aliphatic carbocycles. The normalized spacial score (nSPS) is 10.4. The predicted octanol–water partition coefficient (Wildman–Crippen LogP) is 2.71. The van der Waals surface area contributed by atoms with Gasteiger partial charge in [-0.05, 0) is 27.7 Å². The highest BCUT2D eigenvalue weighted by Crippen LogP contribution is 1.97. The van der Waals surface area contributed by atoms with Crippen LogP contribution in [0.2, 0.25) is 0 Å². The standard InChI is InChI=1S/C7H18N.C2H4Br/c1-5-8(4,6-2)7-3;1-2-3/h5-7H2,1-4H3;1-2H2/q+1;. The van der Waals surface area contributed by atoms with Gasteiger partial charge in [0.15, 0.2) is 0 Å². The van der Waals surface area contributed by atoms with Crippen molar-refractivity contribution in [2.75, 3.05) is 32.0 Å². The second-order valence-corrected chi connectivity index (χ2v) is 3.55. The van der Waals surface area contributed by atoms with E-state index in [1.807, 2.05) is 0 Å². The monoisotopic (exact) mass is 223 g/mol. The van der Waals surface area contributed by atoms with E-state index in [1.165, 1.54) is 24.1 Å². The molecule has 0 rings (SSSR count). The van der Waals surface area contributed by atoms with E-state index < -0.39 is 0 Å². The van der Waals surface area contributed by atoms with Gasteiger partial charge in [0, 0.05) is 5.33 Å². The van der Waals surface area contributed by atoms with Crippen molar-refractivity contribution >= 4 is 15.9 Å². The van der Waals surface area contributed by atoms with Crippen molar-refractivity contribution in [3.05, 3.63) is 6.92 Å². The Hall–Kier alpha value is 0.440. The van der Waals surface area contributed by atoms with Crippen LogP contribution in [0.5, 0.6) is 0 Å². The maximum atomic E-state index is 3.40. The molecule has 0 bridgehead atoms. The van der Waals surface area contributed by atoms with E-state index in [1.54, 1.807) is 0 Å². The lowest BCUT2D eigenvalue weighted by molar-refractivity contribution is -0.904. The number of rotatable bonds is 3. The summed E-state index contributed by atoms with van der Waals surface area (Å²) >= 11 is 3.03. The van der Waals surface area contributed by atoms with Gasteiger partial charge < -0.3 is 4.48 Å². The van der Waals surface area contributed by atoms with Crippen LogP contribution >= 0.6 is 15.9 Å². The number of quaternary nitrogens is 1. The van der Waals surface area contributed by atoms with Gasteiger partial charge in [-0.15, -0.1) is 0 Å². The van der Waals surface area contributed by atoms with Gasteiger partial charge in [-0.2, -0.15) is 0 Å². The lowest BCUT2D eigenvalue weighted by Crippen LogP contribution is -2.42. The van der Waals surface area contributed by atoms with Gasteiger partial charge in [0.05, 0.1) is 26.7 Å². The molecule has 11 heavy (non-hydrogen) atoms. The Labute approximate surface area is 80.5 Å². The van der Waals surface area contributed by atoms with E-state index in [9.17, 15) is 0 Å². The van der Waals surface area contributed by atoms with Gasteiger partial charge in [-0.1, -0.05) is 15.9 Å². The molecular weight excluding hydrogens is 202 g/mol. The van der Waals surface area contributed by atoms with E-state index in [4.69, 9.17) is 0 Å². The highest BCUT2D eigenvalue weighted by molar-refractivity contribution is 9.09. The number of halogens is 1. The first-order valence-electron chi connectivity index (χ1n) is 4.28. The van der Waals surface area contributed by atoms with E-state index in [-0.39, 0.29) is 0 Å². The van der Waals surface area contributed by atoms with Crippen molar-refractivity contribution in [3.8, 4) is 0 Å². The summed E-state index contributed by atoms with van der Waals surface area (Å²) in [6.07, 6.45) is 0. The first kappa shape index (κ1) is 14.0. The summed E-state index contributed by atoms with van der Waals surface area (Å²) in [5, 5.41) is 0.812. The molecule has 69 valence electrons. The SMILES string of the molecule is CC[N+](C)(CC)CC.[CH2]CBr. The van der Waals surface area contributed by atoms with E-state index in [0.717, 1.165) is 5.33 Å². The van der Waals surface area contributed by atoms with Crippen molar-refractivity contribution in [2.45, 2.75) is 20.8 Å². The Morgan fingerprint density at radius 1 is 1.09 bits per heavy atom. The Morgan fingerprint density at radius 2 is 1.27 bits per heavy atom. The molecule has 0 saturated heterocycles. The molecule has 0 aromatic carbocycles. The summed E-state index contributed by atoms with van der Waals surface area (Å²) in [5.74, 6) is 0. The van der Waals surface area contributed by atoms with Crippen molar-refractivity contribution in [3.63, 3.8) is 0 Å².